The lowest BCUT2D eigenvalue weighted by Crippen LogP contribution is -2.48. The molecule has 0 aliphatic carbocycles. The molecule has 0 bridgehead atoms. The van der Waals surface area contributed by atoms with Crippen LogP contribution in [0, 0.1) is 0 Å². The van der Waals surface area contributed by atoms with E-state index in [9.17, 15) is 22.8 Å². The topological polar surface area (TPSA) is 115 Å². The molecular formula is C23H25N3O6S. The van der Waals surface area contributed by atoms with Crippen molar-refractivity contribution in [2.75, 3.05) is 42.5 Å². The van der Waals surface area contributed by atoms with Gasteiger partial charge in [-0.15, -0.1) is 0 Å². The van der Waals surface area contributed by atoms with Gasteiger partial charge < -0.3 is 19.7 Å². The molecular weight excluding hydrogens is 446 g/mol. The third-order valence-electron chi connectivity index (χ3n) is 6.08. The largest absolute Gasteiger partial charge is 0.478 e. The Morgan fingerprint density at radius 3 is 2.30 bits per heavy atom. The molecule has 2 heterocycles. The summed E-state index contributed by atoms with van der Waals surface area (Å²) in [5.41, 5.74) is 2.58. The van der Waals surface area contributed by atoms with Crippen molar-refractivity contribution in [2.45, 2.75) is 24.2 Å². The Hall–Kier alpha value is -3.24. The quantitative estimate of drug-likeness (QED) is 0.612. The molecule has 33 heavy (non-hydrogen) atoms. The zero-order valence-electron chi connectivity index (χ0n) is 18.0. The number of carbonyl (C=O) groups is 3. The first-order valence-corrected chi connectivity index (χ1v) is 12.2. The predicted octanol–water partition coefficient (Wildman–Crippen LogP) is 1.76. The average Bonchev–Trinajstić information content (AvgIpc) is 3.26. The van der Waals surface area contributed by atoms with Crippen LogP contribution < -0.4 is 9.80 Å². The Kier molecular flexibility index (Phi) is 6.48. The van der Waals surface area contributed by atoms with Gasteiger partial charge in [0.05, 0.1) is 10.5 Å². The van der Waals surface area contributed by atoms with E-state index in [-0.39, 0.29) is 29.2 Å². The SMILES string of the molecule is O=CCCC(=O)N1CCc2cc(S(=O)(=O)N3CCN(c4ccc(C(=O)O)cc4)CC3)ccc21. The standard InChI is InChI=1S/C23H25N3O6S/c27-15-1-2-22(28)26-10-9-18-16-20(7-8-21(18)26)33(31,32)25-13-11-24(12-14-25)19-5-3-17(4-6-19)23(29)30/h3-8,15-16H,1-2,9-14H2,(H,29,30). The number of carboxylic acid groups (broad SMARTS) is 1. The van der Waals surface area contributed by atoms with Gasteiger partial charge in [0, 0.05) is 56.9 Å². The zero-order valence-corrected chi connectivity index (χ0v) is 18.8. The first kappa shape index (κ1) is 22.9. The highest BCUT2D eigenvalue weighted by Gasteiger charge is 2.31. The van der Waals surface area contributed by atoms with Crippen molar-refractivity contribution >= 4 is 39.6 Å². The van der Waals surface area contributed by atoms with Crippen LogP contribution in [-0.2, 0) is 26.0 Å². The van der Waals surface area contributed by atoms with Crippen molar-refractivity contribution in [3.05, 3.63) is 53.6 Å². The molecule has 0 unspecified atom stereocenters. The van der Waals surface area contributed by atoms with Crippen LogP contribution >= 0.6 is 0 Å². The summed E-state index contributed by atoms with van der Waals surface area (Å²) >= 11 is 0. The highest BCUT2D eigenvalue weighted by atomic mass is 32.2. The number of amides is 1. The van der Waals surface area contributed by atoms with Crippen molar-refractivity contribution in [1.82, 2.24) is 4.31 Å². The summed E-state index contributed by atoms with van der Waals surface area (Å²) in [6.07, 6.45) is 1.61. The molecule has 4 rings (SSSR count). The minimum atomic E-state index is -3.68. The average molecular weight is 472 g/mol. The van der Waals surface area contributed by atoms with E-state index in [1.807, 2.05) is 4.90 Å². The second-order valence-electron chi connectivity index (χ2n) is 8.03. The van der Waals surface area contributed by atoms with Crippen LogP contribution in [0.5, 0.6) is 0 Å². The summed E-state index contributed by atoms with van der Waals surface area (Å²) in [7, 11) is -3.68. The Balaban J connectivity index is 1.44. The summed E-state index contributed by atoms with van der Waals surface area (Å²) in [5.74, 6) is -1.12. The number of hydrogen-bond donors (Lipinski definition) is 1. The number of carbonyl (C=O) groups excluding carboxylic acids is 2. The maximum absolute atomic E-state index is 13.2. The number of hydrogen-bond acceptors (Lipinski definition) is 6. The lowest BCUT2D eigenvalue weighted by molar-refractivity contribution is -0.120. The number of anilines is 2. The number of benzene rings is 2. The molecule has 10 heteroatoms. The summed E-state index contributed by atoms with van der Waals surface area (Å²) in [5, 5.41) is 9.03. The second kappa shape index (κ2) is 9.32. The molecule has 2 aromatic rings. The fourth-order valence-electron chi connectivity index (χ4n) is 4.27. The van der Waals surface area contributed by atoms with E-state index < -0.39 is 16.0 Å². The van der Waals surface area contributed by atoms with Gasteiger partial charge in [0.2, 0.25) is 15.9 Å². The van der Waals surface area contributed by atoms with Crippen LogP contribution in [0.25, 0.3) is 0 Å². The molecule has 0 saturated carbocycles. The van der Waals surface area contributed by atoms with Crippen molar-refractivity contribution in [2.24, 2.45) is 0 Å². The molecule has 0 atom stereocenters. The molecule has 0 spiro atoms. The highest BCUT2D eigenvalue weighted by Crippen LogP contribution is 2.32. The van der Waals surface area contributed by atoms with Crippen LogP contribution in [0.3, 0.4) is 0 Å². The van der Waals surface area contributed by atoms with E-state index in [4.69, 9.17) is 5.11 Å². The second-order valence-corrected chi connectivity index (χ2v) is 9.97. The Labute approximate surface area is 192 Å². The number of sulfonamides is 1. The first-order valence-electron chi connectivity index (χ1n) is 10.8. The number of fused-ring (bicyclic) bond motifs is 1. The smallest absolute Gasteiger partial charge is 0.335 e. The molecule has 1 N–H and O–H groups in total. The zero-order chi connectivity index (χ0) is 23.6. The van der Waals surface area contributed by atoms with Crippen molar-refractivity contribution in [1.29, 1.82) is 0 Å². The van der Waals surface area contributed by atoms with E-state index in [1.54, 1.807) is 29.2 Å². The van der Waals surface area contributed by atoms with E-state index in [0.717, 1.165) is 17.5 Å². The first-order chi connectivity index (χ1) is 15.8. The third-order valence-corrected chi connectivity index (χ3v) is 7.97. The fourth-order valence-corrected chi connectivity index (χ4v) is 5.74. The number of carboxylic acids is 1. The normalized spacial score (nSPS) is 16.5. The fraction of sp³-hybridized carbons (Fsp3) is 0.348. The van der Waals surface area contributed by atoms with Crippen LogP contribution in [0.1, 0.15) is 28.8 Å². The Morgan fingerprint density at radius 1 is 0.970 bits per heavy atom. The molecule has 1 amide bonds. The molecule has 174 valence electrons. The summed E-state index contributed by atoms with van der Waals surface area (Å²) in [6.45, 7) is 2.11. The van der Waals surface area contributed by atoms with Crippen LogP contribution in [0.15, 0.2) is 47.4 Å². The van der Waals surface area contributed by atoms with Gasteiger partial charge in [0.15, 0.2) is 0 Å². The monoisotopic (exact) mass is 471 g/mol. The number of nitrogens with zero attached hydrogens (tertiary/aromatic N) is 3. The van der Waals surface area contributed by atoms with Gasteiger partial charge in [-0.05, 0) is 54.4 Å². The Bertz CT molecular complexity index is 1170. The third kappa shape index (κ3) is 4.62. The van der Waals surface area contributed by atoms with Crippen LogP contribution in [0.4, 0.5) is 11.4 Å². The summed E-state index contributed by atoms with van der Waals surface area (Å²) < 4.78 is 27.9. The van der Waals surface area contributed by atoms with Crippen LogP contribution in [0.2, 0.25) is 0 Å². The lowest BCUT2D eigenvalue weighted by Gasteiger charge is -2.35. The minimum absolute atomic E-state index is 0.135. The summed E-state index contributed by atoms with van der Waals surface area (Å²) in [6, 6.07) is 11.4. The number of piperazine rings is 1. The van der Waals surface area contributed by atoms with Gasteiger partial charge >= 0.3 is 5.97 Å². The number of aromatic carboxylic acids is 1. The molecule has 2 aromatic carbocycles. The van der Waals surface area contributed by atoms with Gasteiger partial charge in [-0.3, -0.25) is 4.79 Å². The maximum atomic E-state index is 13.2. The minimum Gasteiger partial charge on any atom is -0.478 e. The maximum Gasteiger partial charge on any atom is 0.335 e. The summed E-state index contributed by atoms with van der Waals surface area (Å²) in [4.78, 5) is 37.7. The number of aldehydes is 1. The van der Waals surface area contributed by atoms with Gasteiger partial charge in [-0.25, -0.2) is 13.2 Å². The number of rotatable bonds is 7. The highest BCUT2D eigenvalue weighted by molar-refractivity contribution is 7.89. The van der Waals surface area contributed by atoms with Gasteiger partial charge in [0.1, 0.15) is 6.29 Å². The molecule has 0 radical (unpaired) electrons. The molecule has 9 nitrogen and oxygen atoms in total. The van der Waals surface area contributed by atoms with Crippen molar-refractivity contribution < 1.29 is 27.9 Å². The van der Waals surface area contributed by atoms with Crippen molar-refractivity contribution in [3.8, 4) is 0 Å². The van der Waals surface area contributed by atoms with E-state index in [2.05, 4.69) is 0 Å². The Morgan fingerprint density at radius 2 is 1.67 bits per heavy atom. The molecule has 2 aliphatic heterocycles. The molecule has 2 aliphatic rings. The van der Waals surface area contributed by atoms with Crippen molar-refractivity contribution in [3.63, 3.8) is 0 Å². The lowest BCUT2D eigenvalue weighted by atomic mass is 10.2. The van der Waals surface area contributed by atoms with Gasteiger partial charge in [-0.1, -0.05) is 0 Å². The predicted molar refractivity (Wildman–Crippen MR) is 122 cm³/mol. The van der Waals surface area contributed by atoms with E-state index in [1.165, 1.54) is 22.5 Å². The molecule has 0 aromatic heterocycles. The molecule has 1 saturated heterocycles. The van der Waals surface area contributed by atoms with Gasteiger partial charge in [-0.2, -0.15) is 4.31 Å². The van der Waals surface area contributed by atoms with Gasteiger partial charge in [0.25, 0.3) is 0 Å². The van der Waals surface area contributed by atoms with E-state index in [0.29, 0.717) is 44.8 Å². The van der Waals surface area contributed by atoms with E-state index >= 15 is 0 Å². The van der Waals surface area contributed by atoms with Crippen LogP contribution in [-0.4, -0.2) is 68.7 Å². The molecule has 1 fully saturated rings.